The van der Waals surface area contributed by atoms with Crippen molar-refractivity contribution in [1.29, 1.82) is 0 Å². The van der Waals surface area contributed by atoms with Gasteiger partial charge in [-0.2, -0.15) is 4.98 Å². The van der Waals surface area contributed by atoms with Crippen molar-refractivity contribution < 1.29 is 28.8 Å². The number of rotatable bonds is 11. The third-order valence-corrected chi connectivity index (χ3v) is 8.76. The van der Waals surface area contributed by atoms with E-state index < -0.39 is 35.4 Å². The first kappa shape index (κ1) is 32.5. The van der Waals surface area contributed by atoms with Crippen LogP contribution in [-0.2, 0) is 29.3 Å². The zero-order valence-electron chi connectivity index (χ0n) is 26.8. The van der Waals surface area contributed by atoms with Crippen LogP contribution in [0.15, 0.2) is 95.6 Å². The lowest BCUT2D eigenvalue weighted by molar-refractivity contribution is -0.168. The van der Waals surface area contributed by atoms with E-state index in [1.54, 1.807) is 32.6 Å². The molecule has 1 aliphatic carbocycles. The molecule has 1 amide bonds. The van der Waals surface area contributed by atoms with Gasteiger partial charge in [-0.05, 0) is 22.8 Å². The summed E-state index contributed by atoms with van der Waals surface area (Å²) in [7, 11) is 3.22. The van der Waals surface area contributed by atoms with Crippen LogP contribution in [0.3, 0.4) is 0 Å². The van der Waals surface area contributed by atoms with E-state index in [9.17, 15) is 14.7 Å². The minimum atomic E-state index is -1.06. The number of carbonyl (C=O) groups is 1. The third-order valence-electron chi connectivity index (χ3n) is 8.76. The molecule has 246 valence electrons. The lowest BCUT2D eigenvalue weighted by atomic mass is 9.77. The zero-order valence-corrected chi connectivity index (χ0v) is 26.8. The van der Waals surface area contributed by atoms with Gasteiger partial charge in [0.1, 0.15) is 17.9 Å². The van der Waals surface area contributed by atoms with Gasteiger partial charge in [0.05, 0.1) is 19.0 Å². The number of H-pyrrole nitrogens is 1. The predicted molar refractivity (Wildman–Crippen MR) is 174 cm³/mol. The zero-order chi connectivity index (χ0) is 33.2. The highest BCUT2D eigenvalue weighted by Crippen LogP contribution is 2.45. The Kier molecular flexibility index (Phi) is 9.22. The number of nitrogens with zero attached hydrogens (tertiary/aromatic N) is 3. The number of hydrogen-bond acceptors (Lipinski definition) is 9. The highest BCUT2D eigenvalue weighted by atomic mass is 16.7. The van der Waals surface area contributed by atoms with Gasteiger partial charge in [-0.1, -0.05) is 86.7 Å². The first-order valence-corrected chi connectivity index (χ1v) is 15.6. The second-order valence-electron chi connectivity index (χ2n) is 12.0. The average molecular weight is 642 g/mol. The Labute approximate surface area is 272 Å². The first-order valence-electron chi connectivity index (χ1n) is 15.6. The quantitative estimate of drug-likeness (QED) is 0.205. The molecule has 1 saturated heterocycles. The number of aliphatic hydroxyl groups excluding tert-OH is 1. The van der Waals surface area contributed by atoms with Gasteiger partial charge in [0.25, 0.3) is 5.56 Å². The SMILES string of the molecule is COC1(OC)C=CC(C(OC[C@H]2O[C@@H](n3cnc4c(=O)[nH]c(NC(=O)C(C)C)nc43)C[C@@H]2O)(c2ccccc2)c2ccccc2)=CC1. The van der Waals surface area contributed by atoms with Gasteiger partial charge in [-0.3, -0.25) is 24.5 Å². The van der Waals surface area contributed by atoms with Crippen LogP contribution < -0.4 is 10.9 Å². The maximum Gasteiger partial charge on any atom is 0.280 e. The van der Waals surface area contributed by atoms with E-state index >= 15 is 0 Å². The fraction of sp³-hybridized carbons (Fsp3) is 0.371. The van der Waals surface area contributed by atoms with Crippen LogP contribution in [0, 0.1) is 5.92 Å². The molecule has 0 spiro atoms. The molecule has 3 heterocycles. The average Bonchev–Trinajstić information content (AvgIpc) is 3.69. The third kappa shape index (κ3) is 6.18. The van der Waals surface area contributed by atoms with Gasteiger partial charge in [-0.25, -0.2) is 4.98 Å². The van der Waals surface area contributed by atoms with Crippen molar-refractivity contribution in [2.45, 2.75) is 56.5 Å². The molecule has 0 radical (unpaired) electrons. The van der Waals surface area contributed by atoms with Crippen LogP contribution >= 0.6 is 0 Å². The van der Waals surface area contributed by atoms with Crippen molar-refractivity contribution in [1.82, 2.24) is 19.5 Å². The van der Waals surface area contributed by atoms with Crippen molar-refractivity contribution in [3.63, 3.8) is 0 Å². The van der Waals surface area contributed by atoms with Gasteiger partial charge in [0.2, 0.25) is 11.9 Å². The molecule has 0 unspecified atom stereocenters. The molecule has 6 rings (SSSR count). The predicted octanol–water partition coefficient (Wildman–Crippen LogP) is 4.20. The van der Waals surface area contributed by atoms with E-state index in [0.29, 0.717) is 6.42 Å². The van der Waals surface area contributed by atoms with E-state index in [-0.39, 0.29) is 42.0 Å². The molecule has 0 saturated carbocycles. The fourth-order valence-electron chi connectivity index (χ4n) is 6.05. The molecule has 3 N–H and O–H groups in total. The summed E-state index contributed by atoms with van der Waals surface area (Å²) in [6.07, 6.45) is 5.71. The number of benzene rings is 2. The maximum atomic E-state index is 12.8. The van der Waals surface area contributed by atoms with Gasteiger partial charge in [-0.15, -0.1) is 0 Å². The molecule has 4 aromatic rings. The fourth-order valence-corrected chi connectivity index (χ4v) is 6.05. The molecule has 2 aromatic carbocycles. The van der Waals surface area contributed by atoms with E-state index in [1.807, 2.05) is 72.8 Å². The summed E-state index contributed by atoms with van der Waals surface area (Å²) in [6.45, 7) is 3.51. The number of aliphatic hydroxyl groups is 1. The van der Waals surface area contributed by atoms with Crippen molar-refractivity contribution in [3.8, 4) is 0 Å². The highest BCUT2D eigenvalue weighted by Gasteiger charge is 2.44. The summed E-state index contributed by atoms with van der Waals surface area (Å²) in [5.74, 6) is -1.48. The largest absolute Gasteiger partial charge is 0.390 e. The molecule has 1 aliphatic heterocycles. The van der Waals surface area contributed by atoms with Crippen molar-refractivity contribution >= 4 is 23.0 Å². The molecule has 47 heavy (non-hydrogen) atoms. The summed E-state index contributed by atoms with van der Waals surface area (Å²) in [5.41, 5.74) is 1.43. The number of imidazole rings is 1. The van der Waals surface area contributed by atoms with E-state index in [1.165, 1.54) is 6.33 Å². The van der Waals surface area contributed by atoms with Crippen molar-refractivity contribution in [2.24, 2.45) is 5.92 Å². The second-order valence-corrected chi connectivity index (χ2v) is 12.0. The molecule has 3 atom stereocenters. The number of aromatic amines is 1. The number of nitrogens with one attached hydrogen (secondary N) is 2. The first-order chi connectivity index (χ1) is 22.7. The summed E-state index contributed by atoms with van der Waals surface area (Å²) in [4.78, 5) is 36.3. The molecule has 12 heteroatoms. The number of carbonyl (C=O) groups excluding carboxylic acids is 1. The van der Waals surface area contributed by atoms with Crippen LogP contribution in [-0.4, -0.2) is 69.4 Å². The lowest BCUT2D eigenvalue weighted by Crippen LogP contribution is -2.40. The summed E-state index contributed by atoms with van der Waals surface area (Å²) in [5, 5.41) is 13.9. The summed E-state index contributed by atoms with van der Waals surface area (Å²) < 4.78 is 26.3. The van der Waals surface area contributed by atoms with E-state index in [0.717, 1.165) is 16.7 Å². The Morgan fingerprint density at radius 1 is 1.13 bits per heavy atom. The Morgan fingerprint density at radius 2 is 1.79 bits per heavy atom. The molecule has 0 bridgehead atoms. The lowest BCUT2D eigenvalue weighted by Gasteiger charge is -2.40. The summed E-state index contributed by atoms with van der Waals surface area (Å²) >= 11 is 0. The van der Waals surface area contributed by atoms with Crippen LogP contribution in [0.4, 0.5) is 5.95 Å². The number of anilines is 1. The minimum absolute atomic E-state index is 0.0108. The number of ether oxygens (including phenoxy) is 4. The van der Waals surface area contributed by atoms with E-state index in [4.69, 9.17) is 18.9 Å². The molecule has 2 aliphatic rings. The Morgan fingerprint density at radius 3 is 2.36 bits per heavy atom. The summed E-state index contributed by atoms with van der Waals surface area (Å²) in [6, 6.07) is 19.8. The normalized spacial score (nSPS) is 20.9. The number of aromatic nitrogens is 4. The van der Waals surface area contributed by atoms with Gasteiger partial charge in [0, 0.05) is 33.0 Å². The molecule has 1 fully saturated rings. The number of methoxy groups -OCH3 is 2. The van der Waals surface area contributed by atoms with Crippen molar-refractivity contribution in [2.75, 3.05) is 26.1 Å². The Bertz CT molecular complexity index is 1790. The Hall–Kier alpha value is -4.46. The number of fused-ring (bicyclic) bond motifs is 1. The smallest absolute Gasteiger partial charge is 0.280 e. The van der Waals surface area contributed by atoms with Gasteiger partial charge < -0.3 is 24.1 Å². The van der Waals surface area contributed by atoms with Gasteiger partial charge in [0.15, 0.2) is 17.0 Å². The monoisotopic (exact) mass is 641 g/mol. The minimum Gasteiger partial charge on any atom is -0.390 e. The molecule has 12 nitrogen and oxygen atoms in total. The molecular formula is C35H39N5O7. The van der Waals surface area contributed by atoms with Crippen molar-refractivity contribution in [3.05, 3.63) is 112 Å². The van der Waals surface area contributed by atoms with Crippen LogP contribution in [0.1, 0.15) is 44.0 Å². The van der Waals surface area contributed by atoms with Crippen LogP contribution in [0.5, 0.6) is 0 Å². The Balaban J connectivity index is 1.32. The molecule has 2 aromatic heterocycles. The maximum absolute atomic E-state index is 12.8. The van der Waals surface area contributed by atoms with E-state index in [2.05, 4.69) is 26.3 Å². The number of amides is 1. The molecular weight excluding hydrogens is 602 g/mol. The van der Waals surface area contributed by atoms with Crippen LogP contribution in [0.25, 0.3) is 11.2 Å². The standard InChI is InChI=1S/C35H39N5O7/c1-22(2)31(42)38-33-37-30-29(32(43)39-33)36-21-40(30)28-19-26(41)27(47-28)20-46-35(23-11-7-5-8-12-23,24-13-9-6-10-14-24)25-15-17-34(44-3,45-4)18-16-25/h5-17,21-22,26-28,41H,18-20H2,1-4H3,(H2,37,38,39,42,43)/t26-,27+,28+/m0/s1. The van der Waals surface area contributed by atoms with Gasteiger partial charge >= 0.3 is 0 Å². The highest BCUT2D eigenvalue weighted by molar-refractivity contribution is 5.91. The topological polar surface area (TPSA) is 150 Å². The number of hydrogen-bond donors (Lipinski definition) is 3. The van der Waals surface area contributed by atoms with Crippen LogP contribution in [0.2, 0.25) is 0 Å². The second kappa shape index (κ2) is 13.3.